The van der Waals surface area contributed by atoms with Gasteiger partial charge in [-0.15, -0.1) is 0 Å². The highest BCUT2D eigenvalue weighted by Gasteiger charge is 2.34. The Kier molecular flexibility index (Phi) is 5.56. The highest BCUT2D eigenvalue weighted by Crippen LogP contribution is 2.32. The molecule has 0 spiro atoms. The molecule has 2 heterocycles. The minimum Gasteiger partial charge on any atom is -0.457 e. The Hall–Kier alpha value is -3.89. The van der Waals surface area contributed by atoms with Crippen LogP contribution >= 0.6 is 23.8 Å². The highest BCUT2D eigenvalue weighted by molar-refractivity contribution is 7.80. The lowest BCUT2D eigenvalue weighted by molar-refractivity contribution is -0.384. The number of nitrogens with one attached hydrogen (secondary N) is 1. The molecular weight excluding hydrogens is 461 g/mol. The van der Waals surface area contributed by atoms with E-state index in [1.54, 1.807) is 0 Å². The summed E-state index contributed by atoms with van der Waals surface area (Å²) in [6.07, 6.45) is 1.23. The normalized spacial score (nSPS) is 15.2. The van der Waals surface area contributed by atoms with Gasteiger partial charge < -0.3 is 4.42 Å². The van der Waals surface area contributed by atoms with Crippen LogP contribution in [0.1, 0.15) is 5.76 Å². The first-order valence-corrected chi connectivity index (χ1v) is 9.74. The lowest BCUT2D eigenvalue weighted by Gasteiger charge is -2.28. The number of hydrogen-bond donors (Lipinski definition) is 1. The van der Waals surface area contributed by atoms with Crippen molar-refractivity contribution in [2.45, 2.75) is 0 Å². The van der Waals surface area contributed by atoms with Gasteiger partial charge in [0.2, 0.25) is 0 Å². The van der Waals surface area contributed by atoms with Crippen molar-refractivity contribution >= 4 is 58.2 Å². The molecule has 0 saturated carbocycles. The number of furan rings is 1. The molecule has 2 aromatic carbocycles. The molecule has 3 aromatic rings. The van der Waals surface area contributed by atoms with Gasteiger partial charge in [0.1, 0.15) is 27.9 Å². The monoisotopic (exact) mass is 471 g/mol. The predicted octanol–water partition coefficient (Wildman–Crippen LogP) is 4.48. The topological polar surface area (TPSA) is 106 Å². The maximum Gasteiger partial charge on any atom is 0.288 e. The Labute approximate surface area is 190 Å². The largest absolute Gasteiger partial charge is 0.457 e. The second-order valence-corrected chi connectivity index (χ2v) is 7.35. The van der Waals surface area contributed by atoms with Gasteiger partial charge in [0.15, 0.2) is 5.11 Å². The van der Waals surface area contributed by atoms with Gasteiger partial charge in [-0.25, -0.2) is 4.39 Å². The van der Waals surface area contributed by atoms with E-state index < -0.39 is 22.6 Å². The fraction of sp³-hybridized carbons (Fsp3) is 0. The predicted molar refractivity (Wildman–Crippen MR) is 118 cm³/mol. The molecule has 2 amide bonds. The third-order valence-corrected chi connectivity index (χ3v) is 5.13. The third kappa shape index (κ3) is 4.01. The number of nitro groups is 1. The number of amides is 2. The second-order valence-electron chi connectivity index (χ2n) is 6.56. The molecule has 160 valence electrons. The summed E-state index contributed by atoms with van der Waals surface area (Å²) in [6.45, 7) is 0. The molecule has 0 bridgehead atoms. The smallest absolute Gasteiger partial charge is 0.288 e. The van der Waals surface area contributed by atoms with Crippen molar-refractivity contribution in [3.63, 3.8) is 0 Å². The number of carbonyl (C=O) groups excluding carboxylic acids is 2. The fourth-order valence-electron chi connectivity index (χ4n) is 3.02. The van der Waals surface area contributed by atoms with Gasteiger partial charge in [-0.2, -0.15) is 0 Å². The van der Waals surface area contributed by atoms with Crippen molar-refractivity contribution in [2.75, 3.05) is 4.90 Å². The van der Waals surface area contributed by atoms with Crippen LogP contribution in [-0.4, -0.2) is 21.9 Å². The van der Waals surface area contributed by atoms with Gasteiger partial charge in [-0.05, 0) is 66.8 Å². The van der Waals surface area contributed by atoms with Crippen LogP contribution in [0.15, 0.2) is 64.6 Å². The van der Waals surface area contributed by atoms with Crippen molar-refractivity contribution < 1.29 is 23.3 Å². The minimum atomic E-state index is -0.724. The molecule has 11 heteroatoms. The number of nitro benzene ring substituents is 1. The van der Waals surface area contributed by atoms with Crippen molar-refractivity contribution in [3.8, 4) is 11.3 Å². The zero-order valence-electron chi connectivity index (χ0n) is 15.9. The van der Waals surface area contributed by atoms with Gasteiger partial charge >= 0.3 is 0 Å². The van der Waals surface area contributed by atoms with Crippen LogP contribution in [0.3, 0.4) is 0 Å². The quantitative estimate of drug-likeness (QED) is 0.198. The zero-order valence-corrected chi connectivity index (χ0v) is 17.4. The van der Waals surface area contributed by atoms with Gasteiger partial charge in [-0.3, -0.25) is 29.9 Å². The van der Waals surface area contributed by atoms with Crippen LogP contribution in [0.4, 0.5) is 15.8 Å². The molecule has 8 nitrogen and oxygen atoms in total. The number of hydrogen-bond acceptors (Lipinski definition) is 6. The van der Waals surface area contributed by atoms with Gasteiger partial charge in [0.05, 0.1) is 10.6 Å². The van der Waals surface area contributed by atoms with Crippen molar-refractivity contribution in [1.82, 2.24) is 5.32 Å². The summed E-state index contributed by atoms with van der Waals surface area (Å²) < 4.78 is 18.9. The summed E-state index contributed by atoms with van der Waals surface area (Å²) in [5.41, 5.74) is 0.122. The number of rotatable bonds is 4. The third-order valence-electron chi connectivity index (χ3n) is 4.53. The van der Waals surface area contributed by atoms with Crippen LogP contribution in [0.25, 0.3) is 17.4 Å². The Morgan fingerprint density at radius 2 is 1.84 bits per heavy atom. The molecule has 0 aliphatic carbocycles. The summed E-state index contributed by atoms with van der Waals surface area (Å²) >= 11 is 10.9. The first-order valence-electron chi connectivity index (χ1n) is 8.96. The van der Waals surface area contributed by atoms with Crippen molar-refractivity contribution in [2.24, 2.45) is 0 Å². The Morgan fingerprint density at radius 3 is 2.53 bits per heavy atom. The number of halogens is 2. The van der Waals surface area contributed by atoms with Gasteiger partial charge in [-0.1, -0.05) is 11.6 Å². The average Bonchev–Trinajstić information content (AvgIpc) is 3.21. The Morgan fingerprint density at radius 1 is 1.12 bits per heavy atom. The molecule has 0 atom stereocenters. The summed E-state index contributed by atoms with van der Waals surface area (Å²) in [4.78, 5) is 36.9. The zero-order chi connectivity index (χ0) is 23.0. The number of nitrogens with zero attached hydrogens (tertiary/aromatic N) is 2. The summed E-state index contributed by atoms with van der Waals surface area (Å²) in [6, 6.07) is 12.2. The average molecular weight is 472 g/mol. The van der Waals surface area contributed by atoms with Crippen LogP contribution in [0, 0.1) is 15.9 Å². The molecule has 1 aliphatic heterocycles. The van der Waals surface area contributed by atoms with Gasteiger partial charge in [0, 0.05) is 11.6 Å². The molecular formula is C21H11ClFN3O5S. The number of carbonyl (C=O) groups is 2. The van der Waals surface area contributed by atoms with Crippen LogP contribution in [0.2, 0.25) is 5.02 Å². The number of anilines is 1. The van der Waals surface area contributed by atoms with E-state index in [0.717, 1.165) is 17.0 Å². The Bertz CT molecular complexity index is 1320. The lowest BCUT2D eigenvalue weighted by Crippen LogP contribution is -2.54. The van der Waals surface area contributed by atoms with E-state index >= 15 is 0 Å². The molecule has 1 aliphatic rings. The summed E-state index contributed by atoms with van der Waals surface area (Å²) in [7, 11) is 0. The number of thiocarbonyl (C=S) groups is 1. The van der Waals surface area contributed by atoms with E-state index in [1.807, 2.05) is 0 Å². The van der Waals surface area contributed by atoms with E-state index in [-0.39, 0.29) is 38.6 Å². The number of benzene rings is 2. The highest BCUT2D eigenvalue weighted by atomic mass is 35.5. The van der Waals surface area contributed by atoms with Crippen LogP contribution in [-0.2, 0) is 9.59 Å². The first-order chi connectivity index (χ1) is 15.2. The van der Waals surface area contributed by atoms with Crippen LogP contribution in [0.5, 0.6) is 0 Å². The molecule has 1 fully saturated rings. The molecule has 1 saturated heterocycles. The minimum absolute atomic E-state index is 0.0195. The van der Waals surface area contributed by atoms with Crippen molar-refractivity contribution in [1.29, 1.82) is 0 Å². The maximum atomic E-state index is 13.2. The van der Waals surface area contributed by atoms with E-state index in [0.29, 0.717) is 5.56 Å². The summed E-state index contributed by atoms with van der Waals surface area (Å²) in [5, 5.41) is 13.4. The van der Waals surface area contributed by atoms with E-state index in [1.165, 1.54) is 48.5 Å². The fourth-order valence-corrected chi connectivity index (χ4v) is 3.48. The van der Waals surface area contributed by atoms with E-state index in [4.69, 9.17) is 28.2 Å². The van der Waals surface area contributed by atoms with E-state index in [9.17, 15) is 24.1 Å². The second kappa shape index (κ2) is 8.33. The van der Waals surface area contributed by atoms with Crippen molar-refractivity contribution in [3.05, 3.63) is 86.9 Å². The standard InChI is InChI=1S/C21H11ClFN3O5S/c22-16-7-1-11(9-17(16)26(29)30)18-8-6-14(31-18)10-15-19(27)24-21(32)25(20(15)28)13-4-2-12(23)3-5-13/h1-10H,(H,24,27,32)/b15-10-. The Balaban J connectivity index is 1.67. The molecule has 1 aromatic heterocycles. The molecule has 32 heavy (non-hydrogen) atoms. The summed E-state index contributed by atoms with van der Waals surface area (Å²) in [5.74, 6) is -1.51. The molecule has 0 radical (unpaired) electrons. The SMILES string of the molecule is O=C1NC(=S)N(c2ccc(F)cc2)C(=O)/C1=C\c1ccc(-c2ccc(Cl)c([N+](=O)[O-])c2)o1. The molecule has 1 N–H and O–H groups in total. The molecule has 0 unspecified atom stereocenters. The molecule has 4 rings (SSSR count). The maximum absolute atomic E-state index is 13.2. The van der Waals surface area contributed by atoms with E-state index in [2.05, 4.69) is 5.32 Å². The van der Waals surface area contributed by atoms with Crippen LogP contribution < -0.4 is 10.2 Å². The first kappa shape index (κ1) is 21.3. The van der Waals surface area contributed by atoms with Gasteiger partial charge in [0.25, 0.3) is 17.5 Å². The lowest BCUT2D eigenvalue weighted by atomic mass is 10.1.